The fraction of sp³-hybridized carbons (Fsp3) is 0.389. The number of aromatic nitrogens is 1. The quantitative estimate of drug-likeness (QED) is 0.553. The zero-order valence-electron chi connectivity index (χ0n) is 16.6. The van der Waals surface area contributed by atoms with Gasteiger partial charge in [-0.3, -0.25) is 4.72 Å². The standard InChI is InChI=1S/C18H24N4O6S/c1-5-11(2)16(17(23)27-4)20-18(24)19-13-6-8-14(9-7-13)29(25,26)22-15-10-12(3)28-21-15/h6-11,16H,5H2,1-4H3,(H,21,22)(H2,19,20,24)/t11-,16-/m0/s1. The van der Waals surface area contributed by atoms with Crippen molar-refractivity contribution < 1.29 is 27.3 Å². The molecule has 11 heteroatoms. The SMILES string of the molecule is CC[C@H](C)[C@H](NC(=O)Nc1ccc(S(=O)(=O)Nc2cc(C)on2)cc1)C(=O)OC. The number of methoxy groups -OCH3 is 1. The van der Waals surface area contributed by atoms with Gasteiger partial charge in [-0.25, -0.2) is 18.0 Å². The largest absolute Gasteiger partial charge is 0.467 e. The molecule has 0 spiro atoms. The van der Waals surface area contributed by atoms with Gasteiger partial charge in [-0.1, -0.05) is 25.4 Å². The lowest BCUT2D eigenvalue weighted by Crippen LogP contribution is -2.47. The summed E-state index contributed by atoms with van der Waals surface area (Å²) >= 11 is 0. The number of anilines is 2. The Morgan fingerprint density at radius 1 is 1.24 bits per heavy atom. The van der Waals surface area contributed by atoms with Crippen molar-refractivity contribution in [3.63, 3.8) is 0 Å². The molecule has 2 amide bonds. The number of benzene rings is 1. The zero-order chi connectivity index (χ0) is 21.6. The molecule has 1 aromatic heterocycles. The number of aryl methyl sites for hydroxylation is 1. The maximum Gasteiger partial charge on any atom is 0.328 e. The van der Waals surface area contributed by atoms with Gasteiger partial charge in [-0.15, -0.1) is 0 Å². The van der Waals surface area contributed by atoms with Crippen LogP contribution in [0.5, 0.6) is 0 Å². The summed E-state index contributed by atoms with van der Waals surface area (Å²) in [5, 5.41) is 8.72. The second kappa shape index (κ2) is 9.41. The molecule has 0 saturated carbocycles. The van der Waals surface area contributed by atoms with Crippen LogP contribution in [0.3, 0.4) is 0 Å². The van der Waals surface area contributed by atoms with E-state index in [2.05, 4.69) is 20.5 Å². The first-order valence-electron chi connectivity index (χ1n) is 8.87. The third-order valence-corrected chi connectivity index (χ3v) is 5.61. The van der Waals surface area contributed by atoms with Crippen molar-refractivity contribution in [1.29, 1.82) is 0 Å². The summed E-state index contributed by atoms with van der Waals surface area (Å²) in [5.41, 5.74) is 0.353. The topological polar surface area (TPSA) is 140 Å². The number of esters is 1. The molecular weight excluding hydrogens is 400 g/mol. The molecule has 1 heterocycles. The Bertz CT molecular complexity index is 955. The molecule has 0 aliphatic heterocycles. The van der Waals surface area contributed by atoms with Gasteiger partial charge in [0.2, 0.25) is 0 Å². The first-order chi connectivity index (χ1) is 13.7. The highest BCUT2D eigenvalue weighted by molar-refractivity contribution is 7.92. The second-order valence-electron chi connectivity index (χ2n) is 6.44. The summed E-state index contributed by atoms with van der Waals surface area (Å²) in [5.74, 6) is -0.115. The van der Waals surface area contributed by atoms with Gasteiger partial charge in [0.1, 0.15) is 11.8 Å². The van der Waals surface area contributed by atoms with E-state index in [9.17, 15) is 18.0 Å². The first-order valence-corrected chi connectivity index (χ1v) is 10.4. The van der Waals surface area contributed by atoms with Gasteiger partial charge >= 0.3 is 12.0 Å². The summed E-state index contributed by atoms with van der Waals surface area (Å²) < 4.78 is 36.6. The van der Waals surface area contributed by atoms with E-state index in [1.807, 2.05) is 13.8 Å². The molecule has 29 heavy (non-hydrogen) atoms. The molecule has 2 atom stereocenters. The van der Waals surface area contributed by atoms with E-state index in [1.165, 1.54) is 37.4 Å². The van der Waals surface area contributed by atoms with Crippen molar-refractivity contribution >= 4 is 33.5 Å². The fourth-order valence-corrected chi connectivity index (χ4v) is 3.42. The molecule has 0 saturated heterocycles. The van der Waals surface area contributed by atoms with Gasteiger partial charge in [0.25, 0.3) is 10.0 Å². The van der Waals surface area contributed by atoms with E-state index in [1.54, 1.807) is 6.92 Å². The van der Waals surface area contributed by atoms with Crippen molar-refractivity contribution in [2.45, 2.75) is 38.1 Å². The molecule has 10 nitrogen and oxygen atoms in total. The van der Waals surface area contributed by atoms with Gasteiger partial charge < -0.3 is 19.9 Å². The van der Waals surface area contributed by atoms with Crippen LogP contribution in [0.25, 0.3) is 0 Å². The third-order valence-electron chi connectivity index (χ3n) is 4.24. The number of urea groups is 1. The van der Waals surface area contributed by atoms with E-state index in [4.69, 9.17) is 9.26 Å². The highest BCUT2D eigenvalue weighted by Crippen LogP contribution is 2.18. The van der Waals surface area contributed by atoms with Crippen molar-refractivity contribution in [3.05, 3.63) is 36.1 Å². The van der Waals surface area contributed by atoms with Crippen molar-refractivity contribution in [1.82, 2.24) is 10.5 Å². The molecule has 0 radical (unpaired) electrons. The number of rotatable bonds is 8. The normalized spacial score (nSPS) is 13.2. The zero-order valence-corrected chi connectivity index (χ0v) is 17.4. The first kappa shape index (κ1) is 22.2. The number of hydrogen-bond donors (Lipinski definition) is 3. The molecular formula is C18H24N4O6S. The molecule has 0 aliphatic carbocycles. The molecule has 0 bridgehead atoms. The van der Waals surface area contributed by atoms with E-state index < -0.39 is 28.1 Å². The van der Waals surface area contributed by atoms with Crippen LogP contribution in [0.1, 0.15) is 26.0 Å². The maximum atomic E-state index is 12.4. The van der Waals surface area contributed by atoms with Gasteiger partial charge in [0, 0.05) is 11.8 Å². The molecule has 0 unspecified atom stereocenters. The van der Waals surface area contributed by atoms with Crippen molar-refractivity contribution in [3.8, 4) is 0 Å². The van der Waals surface area contributed by atoms with Crippen molar-refractivity contribution in [2.24, 2.45) is 5.92 Å². The van der Waals surface area contributed by atoms with Crippen molar-refractivity contribution in [2.75, 3.05) is 17.1 Å². The Morgan fingerprint density at radius 3 is 2.41 bits per heavy atom. The van der Waals surface area contributed by atoms with E-state index in [0.717, 1.165) is 0 Å². The Labute approximate surface area is 169 Å². The van der Waals surface area contributed by atoms with Crippen LogP contribution in [-0.4, -0.2) is 38.7 Å². The number of sulfonamides is 1. The summed E-state index contributed by atoms with van der Waals surface area (Å²) in [4.78, 5) is 24.0. The Balaban J connectivity index is 2.04. The number of amides is 2. The van der Waals surface area contributed by atoms with Gasteiger partial charge in [-0.05, 0) is 37.1 Å². The average molecular weight is 424 g/mol. The Hall–Kier alpha value is -3.08. The number of carbonyl (C=O) groups is 2. The fourth-order valence-electron chi connectivity index (χ4n) is 2.43. The number of carbonyl (C=O) groups excluding carboxylic acids is 2. The number of hydrogen-bond acceptors (Lipinski definition) is 7. The summed E-state index contributed by atoms with van der Waals surface area (Å²) in [6, 6.07) is 5.57. The average Bonchev–Trinajstić information content (AvgIpc) is 3.09. The molecule has 158 valence electrons. The van der Waals surface area contributed by atoms with Crippen LogP contribution < -0.4 is 15.4 Å². The molecule has 2 aromatic rings. The van der Waals surface area contributed by atoms with Crippen LogP contribution in [0.4, 0.5) is 16.3 Å². The lowest BCUT2D eigenvalue weighted by Gasteiger charge is -2.22. The summed E-state index contributed by atoms with van der Waals surface area (Å²) in [6.07, 6.45) is 0.671. The smallest absolute Gasteiger partial charge is 0.328 e. The molecule has 3 N–H and O–H groups in total. The minimum Gasteiger partial charge on any atom is -0.467 e. The predicted molar refractivity (Wildman–Crippen MR) is 106 cm³/mol. The monoisotopic (exact) mass is 424 g/mol. The second-order valence-corrected chi connectivity index (χ2v) is 8.12. The van der Waals surface area contributed by atoms with E-state index in [0.29, 0.717) is 17.9 Å². The summed E-state index contributed by atoms with van der Waals surface area (Å²) in [7, 11) is -2.60. The van der Waals surface area contributed by atoms with Gasteiger partial charge in [-0.2, -0.15) is 0 Å². The Kier molecular flexibility index (Phi) is 7.21. The van der Waals surface area contributed by atoms with Crippen LogP contribution in [0.15, 0.2) is 39.8 Å². The molecule has 0 fully saturated rings. The molecule has 0 aliphatic rings. The third kappa shape index (κ3) is 5.95. The highest BCUT2D eigenvalue weighted by Gasteiger charge is 2.26. The number of ether oxygens (including phenoxy) is 1. The van der Waals surface area contributed by atoms with Crippen LogP contribution in [0, 0.1) is 12.8 Å². The minimum absolute atomic E-state index is 0.0175. The Morgan fingerprint density at radius 2 is 1.90 bits per heavy atom. The summed E-state index contributed by atoms with van der Waals surface area (Å²) in [6.45, 7) is 5.36. The van der Waals surface area contributed by atoms with Crippen LogP contribution in [-0.2, 0) is 19.6 Å². The van der Waals surface area contributed by atoms with Gasteiger partial charge in [0.05, 0.1) is 12.0 Å². The number of nitrogens with zero attached hydrogens (tertiary/aromatic N) is 1. The molecule has 2 rings (SSSR count). The minimum atomic E-state index is -3.86. The number of nitrogens with one attached hydrogen (secondary N) is 3. The lowest BCUT2D eigenvalue weighted by molar-refractivity contribution is -0.144. The molecule has 1 aromatic carbocycles. The van der Waals surface area contributed by atoms with Gasteiger partial charge in [0.15, 0.2) is 5.82 Å². The van der Waals surface area contributed by atoms with E-state index >= 15 is 0 Å². The maximum absolute atomic E-state index is 12.4. The lowest BCUT2D eigenvalue weighted by atomic mass is 9.99. The van der Waals surface area contributed by atoms with Crippen LogP contribution >= 0.6 is 0 Å². The van der Waals surface area contributed by atoms with Crippen LogP contribution in [0.2, 0.25) is 0 Å². The highest BCUT2D eigenvalue weighted by atomic mass is 32.2. The predicted octanol–water partition coefficient (Wildman–Crippen LogP) is 2.49. The van der Waals surface area contributed by atoms with E-state index in [-0.39, 0.29) is 16.6 Å².